The van der Waals surface area contributed by atoms with Crippen molar-refractivity contribution in [3.05, 3.63) is 63.3 Å². The van der Waals surface area contributed by atoms with Gasteiger partial charge in [-0.3, -0.25) is 24.6 Å². The lowest BCUT2D eigenvalue weighted by atomic mass is 9.77. The molecule has 9 nitrogen and oxygen atoms in total. The number of ketones is 1. The molecule has 2 aromatic rings. The van der Waals surface area contributed by atoms with Gasteiger partial charge in [0.1, 0.15) is 0 Å². The number of benzene rings is 2. The van der Waals surface area contributed by atoms with Crippen molar-refractivity contribution in [1.82, 2.24) is 0 Å². The van der Waals surface area contributed by atoms with Gasteiger partial charge in [0.05, 0.1) is 31.9 Å². The van der Waals surface area contributed by atoms with Crippen LogP contribution in [0, 0.1) is 10.1 Å². The van der Waals surface area contributed by atoms with Gasteiger partial charge in [0, 0.05) is 42.2 Å². The van der Waals surface area contributed by atoms with E-state index in [9.17, 15) is 19.7 Å². The second-order valence-corrected chi connectivity index (χ2v) is 7.86. The molecule has 0 radical (unpaired) electrons. The van der Waals surface area contributed by atoms with E-state index in [1.54, 1.807) is 18.2 Å². The highest BCUT2D eigenvalue weighted by molar-refractivity contribution is 6.07. The Balaban J connectivity index is 1.88. The van der Waals surface area contributed by atoms with Gasteiger partial charge in [-0.05, 0) is 36.6 Å². The van der Waals surface area contributed by atoms with Crippen LogP contribution in [0.25, 0.3) is 0 Å². The fraction of sp³-hybridized carbons (Fsp3) is 0.333. The standard InChI is InChI=1S/C24H24N2O7/c1-31-20-10-14(11-21(32-2)24(20)33-3)17-13-22(28)25(18-8-5-9-19(27)23(17)18)15-6-4-7-16(12-15)26(29)30/h4,6-7,10-12,17H,5,8-9,13H2,1-3H3. The van der Waals surface area contributed by atoms with Crippen LogP contribution < -0.4 is 19.1 Å². The van der Waals surface area contributed by atoms with E-state index in [1.165, 1.54) is 44.4 Å². The number of ether oxygens (including phenoxy) is 3. The monoisotopic (exact) mass is 452 g/mol. The predicted octanol–water partition coefficient (Wildman–Crippen LogP) is 4.15. The summed E-state index contributed by atoms with van der Waals surface area (Å²) in [5.74, 6) is 0.550. The summed E-state index contributed by atoms with van der Waals surface area (Å²) in [7, 11) is 4.52. The number of rotatable bonds is 6. The highest BCUT2D eigenvalue weighted by atomic mass is 16.6. The number of carbonyl (C=O) groups is 2. The van der Waals surface area contributed by atoms with Gasteiger partial charge in [-0.2, -0.15) is 0 Å². The summed E-state index contributed by atoms with van der Waals surface area (Å²) in [6.45, 7) is 0. The molecule has 1 atom stereocenters. The molecule has 4 rings (SSSR count). The molecule has 2 aromatic carbocycles. The number of carbonyl (C=O) groups excluding carboxylic acids is 2. The van der Waals surface area contributed by atoms with Crippen LogP contribution in [-0.2, 0) is 9.59 Å². The molecule has 1 amide bonds. The number of hydrogen-bond acceptors (Lipinski definition) is 7. The maximum Gasteiger partial charge on any atom is 0.271 e. The van der Waals surface area contributed by atoms with Crippen LogP contribution in [0.15, 0.2) is 47.7 Å². The van der Waals surface area contributed by atoms with E-state index in [0.29, 0.717) is 59.0 Å². The van der Waals surface area contributed by atoms with E-state index < -0.39 is 10.8 Å². The number of hydrogen-bond donors (Lipinski definition) is 0. The average Bonchev–Trinajstić information content (AvgIpc) is 2.82. The number of nitro benzene ring substituents is 1. The lowest BCUT2D eigenvalue weighted by molar-refractivity contribution is -0.384. The van der Waals surface area contributed by atoms with E-state index in [1.807, 2.05) is 0 Å². The van der Waals surface area contributed by atoms with E-state index in [-0.39, 0.29) is 23.8 Å². The second kappa shape index (κ2) is 8.93. The molecule has 0 bridgehead atoms. The highest BCUT2D eigenvalue weighted by Crippen LogP contribution is 2.47. The fourth-order valence-corrected chi connectivity index (χ4v) is 4.63. The molecular weight excluding hydrogens is 428 g/mol. The average molecular weight is 452 g/mol. The normalized spacial score (nSPS) is 18.2. The first-order valence-electron chi connectivity index (χ1n) is 10.5. The first kappa shape index (κ1) is 22.3. The Bertz CT molecular complexity index is 1150. The van der Waals surface area contributed by atoms with Gasteiger partial charge >= 0.3 is 0 Å². The van der Waals surface area contributed by atoms with Crippen LogP contribution in [-0.4, -0.2) is 37.9 Å². The number of amides is 1. The van der Waals surface area contributed by atoms with Crippen molar-refractivity contribution in [2.45, 2.75) is 31.6 Å². The molecule has 9 heteroatoms. The first-order chi connectivity index (χ1) is 15.9. The van der Waals surface area contributed by atoms with Crippen molar-refractivity contribution in [3.8, 4) is 17.2 Å². The fourth-order valence-electron chi connectivity index (χ4n) is 4.63. The van der Waals surface area contributed by atoms with Crippen LogP contribution in [0.5, 0.6) is 17.2 Å². The van der Waals surface area contributed by atoms with Crippen LogP contribution >= 0.6 is 0 Å². The Kier molecular flexibility index (Phi) is 6.04. The summed E-state index contributed by atoms with van der Waals surface area (Å²) in [5, 5.41) is 11.3. The number of non-ortho nitro benzene ring substituents is 1. The number of anilines is 1. The van der Waals surface area contributed by atoms with Crippen LogP contribution in [0.3, 0.4) is 0 Å². The maximum atomic E-state index is 13.4. The third-order valence-electron chi connectivity index (χ3n) is 6.06. The highest BCUT2D eigenvalue weighted by Gasteiger charge is 2.40. The van der Waals surface area contributed by atoms with Gasteiger partial charge in [-0.1, -0.05) is 6.07 Å². The van der Waals surface area contributed by atoms with Crippen LogP contribution in [0.2, 0.25) is 0 Å². The summed E-state index contributed by atoms with van der Waals surface area (Å²) in [4.78, 5) is 38.7. The Morgan fingerprint density at radius 1 is 1.00 bits per heavy atom. The number of methoxy groups -OCH3 is 3. The molecule has 1 aliphatic heterocycles. The number of Topliss-reactive ketones (excluding diaryl/α,β-unsaturated/α-hetero) is 1. The van der Waals surface area contributed by atoms with Gasteiger partial charge in [-0.25, -0.2) is 0 Å². The minimum atomic E-state index is -0.502. The first-order valence-corrected chi connectivity index (χ1v) is 10.5. The summed E-state index contributed by atoms with van der Waals surface area (Å²) in [6, 6.07) is 9.44. The molecule has 1 unspecified atom stereocenters. The van der Waals surface area contributed by atoms with Gasteiger partial charge in [0.25, 0.3) is 5.69 Å². The number of nitro groups is 1. The van der Waals surface area contributed by atoms with E-state index in [2.05, 4.69) is 0 Å². The molecule has 0 saturated carbocycles. The summed E-state index contributed by atoms with van der Waals surface area (Å²) in [6.07, 6.45) is 1.55. The lowest BCUT2D eigenvalue weighted by Gasteiger charge is -2.38. The third-order valence-corrected chi connectivity index (χ3v) is 6.06. The largest absolute Gasteiger partial charge is 0.493 e. The van der Waals surface area contributed by atoms with Crippen molar-refractivity contribution >= 4 is 23.1 Å². The zero-order valence-electron chi connectivity index (χ0n) is 18.6. The van der Waals surface area contributed by atoms with Crippen molar-refractivity contribution in [3.63, 3.8) is 0 Å². The Hall–Kier alpha value is -3.88. The zero-order chi connectivity index (χ0) is 23.7. The van der Waals surface area contributed by atoms with Gasteiger partial charge in [-0.15, -0.1) is 0 Å². The molecule has 1 heterocycles. The van der Waals surface area contributed by atoms with Gasteiger partial charge in [0.15, 0.2) is 17.3 Å². The Morgan fingerprint density at radius 3 is 2.30 bits per heavy atom. The molecule has 0 aromatic heterocycles. The third kappa shape index (κ3) is 3.90. The number of allylic oxidation sites excluding steroid dienone is 2. The molecule has 0 saturated heterocycles. The topological polar surface area (TPSA) is 108 Å². The summed E-state index contributed by atoms with van der Waals surface area (Å²) in [5.41, 5.74) is 2.14. The molecule has 33 heavy (non-hydrogen) atoms. The molecule has 0 N–H and O–H groups in total. The SMILES string of the molecule is COc1cc(C2CC(=O)N(c3cccc([N+](=O)[O-])c3)C3=C2C(=O)CCC3)cc(OC)c1OC. The van der Waals surface area contributed by atoms with Crippen molar-refractivity contribution in [1.29, 1.82) is 0 Å². The predicted molar refractivity (Wildman–Crippen MR) is 120 cm³/mol. The zero-order valence-corrected chi connectivity index (χ0v) is 18.6. The van der Waals surface area contributed by atoms with Crippen LogP contribution in [0.4, 0.5) is 11.4 Å². The summed E-state index contributed by atoms with van der Waals surface area (Å²) >= 11 is 0. The molecule has 0 spiro atoms. The Labute approximate surface area is 190 Å². The summed E-state index contributed by atoms with van der Waals surface area (Å²) < 4.78 is 16.3. The minimum Gasteiger partial charge on any atom is -0.493 e. The second-order valence-electron chi connectivity index (χ2n) is 7.86. The van der Waals surface area contributed by atoms with Crippen molar-refractivity contribution in [2.75, 3.05) is 26.2 Å². The van der Waals surface area contributed by atoms with E-state index in [0.717, 1.165) is 0 Å². The Morgan fingerprint density at radius 2 is 1.70 bits per heavy atom. The molecule has 0 fully saturated rings. The molecule has 2 aliphatic rings. The van der Waals surface area contributed by atoms with Gasteiger partial charge < -0.3 is 14.2 Å². The number of nitrogens with zero attached hydrogens (tertiary/aromatic N) is 2. The van der Waals surface area contributed by atoms with E-state index >= 15 is 0 Å². The smallest absolute Gasteiger partial charge is 0.271 e. The molecule has 1 aliphatic carbocycles. The molecular formula is C24H24N2O7. The van der Waals surface area contributed by atoms with Crippen molar-refractivity contribution in [2.24, 2.45) is 0 Å². The minimum absolute atomic E-state index is 0.0297. The van der Waals surface area contributed by atoms with Crippen LogP contribution in [0.1, 0.15) is 37.2 Å². The van der Waals surface area contributed by atoms with Crippen molar-refractivity contribution < 1.29 is 28.7 Å². The maximum absolute atomic E-state index is 13.4. The van der Waals surface area contributed by atoms with Gasteiger partial charge in [0.2, 0.25) is 11.7 Å². The molecule has 172 valence electrons. The van der Waals surface area contributed by atoms with E-state index in [4.69, 9.17) is 14.2 Å². The lowest BCUT2D eigenvalue weighted by Crippen LogP contribution is -2.40. The quantitative estimate of drug-likeness (QED) is 0.478.